The van der Waals surface area contributed by atoms with Crippen molar-refractivity contribution in [3.63, 3.8) is 0 Å². The lowest BCUT2D eigenvalue weighted by Crippen LogP contribution is -2.33. The molecule has 0 amide bonds. The Morgan fingerprint density at radius 2 is 2.00 bits per heavy atom. The predicted molar refractivity (Wildman–Crippen MR) is 41.0 cm³/mol. The van der Waals surface area contributed by atoms with E-state index in [2.05, 4.69) is 9.99 Å². The average Bonchev–Trinajstić information content (AvgIpc) is 1.59. The highest BCUT2D eigenvalue weighted by Gasteiger charge is 2.04. The molecule has 0 unspecified atom stereocenters. The highest BCUT2D eigenvalue weighted by atomic mass is 35.5. The number of nitrogens with zero attached hydrogens (tertiary/aromatic N) is 1. The summed E-state index contributed by atoms with van der Waals surface area (Å²) < 4.78 is 0. The SMILES string of the molecule is CO/N=C/C(C)(C)N.Cl. The molecule has 9 heavy (non-hydrogen) atoms. The first-order valence-corrected chi connectivity index (χ1v) is 2.43. The van der Waals surface area contributed by atoms with Crippen LogP contribution in [0.15, 0.2) is 5.16 Å². The van der Waals surface area contributed by atoms with Gasteiger partial charge in [-0.3, -0.25) is 0 Å². The van der Waals surface area contributed by atoms with E-state index in [4.69, 9.17) is 5.73 Å². The van der Waals surface area contributed by atoms with Crippen LogP contribution < -0.4 is 5.73 Å². The lowest BCUT2D eigenvalue weighted by Gasteiger charge is -2.08. The number of hydrogen-bond acceptors (Lipinski definition) is 3. The zero-order valence-electron chi connectivity index (χ0n) is 5.92. The van der Waals surface area contributed by atoms with Crippen LogP contribution in [-0.2, 0) is 4.84 Å². The van der Waals surface area contributed by atoms with Crippen molar-refractivity contribution < 1.29 is 4.84 Å². The van der Waals surface area contributed by atoms with Gasteiger partial charge < -0.3 is 10.6 Å². The number of hydrogen-bond donors (Lipinski definition) is 1. The van der Waals surface area contributed by atoms with Gasteiger partial charge in [0.05, 0.1) is 6.21 Å². The smallest absolute Gasteiger partial charge is 0.106 e. The van der Waals surface area contributed by atoms with Crippen molar-refractivity contribution in [2.75, 3.05) is 7.11 Å². The van der Waals surface area contributed by atoms with Gasteiger partial charge in [-0.1, -0.05) is 5.16 Å². The molecule has 0 rings (SSSR count). The molecule has 0 saturated heterocycles. The fourth-order valence-corrected chi connectivity index (χ4v) is 0.189. The maximum atomic E-state index is 5.49. The summed E-state index contributed by atoms with van der Waals surface area (Å²) in [5.41, 5.74) is 5.13. The molecule has 3 nitrogen and oxygen atoms in total. The Morgan fingerprint density at radius 3 is 2.11 bits per heavy atom. The van der Waals surface area contributed by atoms with E-state index >= 15 is 0 Å². The van der Waals surface area contributed by atoms with Crippen LogP contribution in [0.2, 0.25) is 0 Å². The van der Waals surface area contributed by atoms with E-state index in [1.165, 1.54) is 7.11 Å². The predicted octanol–water partition coefficient (Wildman–Crippen LogP) is 0.778. The Hall–Kier alpha value is -0.280. The average molecular weight is 153 g/mol. The molecule has 0 aliphatic carbocycles. The molecule has 0 spiro atoms. The van der Waals surface area contributed by atoms with Crippen LogP contribution in [0.25, 0.3) is 0 Å². The third-order valence-electron chi connectivity index (χ3n) is 0.491. The van der Waals surface area contributed by atoms with Crippen molar-refractivity contribution in [2.45, 2.75) is 19.4 Å². The molecule has 0 saturated carbocycles. The van der Waals surface area contributed by atoms with Crippen LogP contribution in [0.3, 0.4) is 0 Å². The molecule has 0 aliphatic heterocycles. The molecular formula is C5H13ClN2O. The minimum absolute atomic E-state index is 0. The number of halogens is 1. The monoisotopic (exact) mass is 152 g/mol. The van der Waals surface area contributed by atoms with Gasteiger partial charge in [0.2, 0.25) is 0 Å². The maximum Gasteiger partial charge on any atom is 0.106 e. The molecule has 0 aromatic carbocycles. The number of oxime groups is 1. The number of nitrogens with two attached hydrogens (primary N) is 1. The zero-order valence-corrected chi connectivity index (χ0v) is 6.73. The van der Waals surface area contributed by atoms with Gasteiger partial charge in [0.25, 0.3) is 0 Å². The Balaban J connectivity index is 0. The summed E-state index contributed by atoms with van der Waals surface area (Å²) in [4.78, 5) is 4.41. The van der Waals surface area contributed by atoms with Crippen LogP contribution in [0.1, 0.15) is 13.8 Å². The van der Waals surface area contributed by atoms with Crippen LogP contribution in [0.4, 0.5) is 0 Å². The van der Waals surface area contributed by atoms with Gasteiger partial charge in [0.1, 0.15) is 7.11 Å². The molecule has 0 bridgehead atoms. The molecule has 0 heterocycles. The second-order valence-electron chi connectivity index (χ2n) is 2.24. The molecule has 0 aliphatic rings. The van der Waals surface area contributed by atoms with Crippen LogP contribution in [0, 0.1) is 0 Å². The van der Waals surface area contributed by atoms with Gasteiger partial charge in [-0.2, -0.15) is 0 Å². The second kappa shape index (κ2) is 4.58. The molecule has 2 N–H and O–H groups in total. The van der Waals surface area contributed by atoms with Gasteiger partial charge in [0, 0.05) is 5.54 Å². The molecule has 4 heteroatoms. The highest BCUT2D eigenvalue weighted by Crippen LogP contribution is 1.89. The Bertz CT molecular complexity index is 87.4. The molecule has 56 valence electrons. The van der Waals surface area contributed by atoms with E-state index in [-0.39, 0.29) is 17.9 Å². The highest BCUT2D eigenvalue weighted by molar-refractivity contribution is 5.85. The first-order valence-electron chi connectivity index (χ1n) is 2.43. The summed E-state index contributed by atoms with van der Waals surface area (Å²) in [6.45, 7) is 3.69. The standard InChI is InChI=1S/C5H12N2O.ClH/c1-5(2,6)4-7-8-3;/h4H,6H2,1-3H3;1H/b7-4+;. The summed E-state index contributed by atoms with van der Waals surface area (Å²) >= 11 is 0. The molecule has 0 aromatic rings. The molecule has 0 atom stereocenters. The molecule has 0 aromatic heterocycles. The van der Waals surface area contributed by atoms with E-state index in [1.54, 1.807) is 6.21 Å². The maximum absolute atomic E-state index is 5.49. The van der Waals surface area contributed by atoms with E-state index in [0.717, 1.165) is 0 Å². The fraction of sp³-hybridized carbons (Fsp3) is 0.800. The summed E-state index contributed by atoms with van der Waals surface area (Å²) in [5, 5.41) is 3.49. The van der Waals surface area contributed by atoms with Gasteiger partial charge in [0.15, 0.2) is 0 Å². The minimum Gasteiger partial charge on any atom is -0.399 e. The van der Waals surface area contributed by atoms with E-state index in [0.29, 0.717) is 0 Å². The molecule has 0 fully saturated rings. The van der Waals surface area contributed by atoms with E-state index in [9.17, 15) is 0 Å². The third kappa shape index (κ3) is 11.3. The second-order valence-corrected chi connectivity index (χ2v) is 2.24. The van der Waals surface area contributed by atoms with Crippen LogP contribution in [0.5, 0.6) is 0 Å². The summed E-state index contributed by atoms with van der Waals surface area (Å²) in [7, 11) is 1.49. The van der Waals surface area contributed by atoms with Crippen LogP contribution in [-0.4, -0.2) is 18.9 Å². The van der Waals surface area contributed by atoms with Crippen LogP contribution >= 0.6 is 12.4 Å². The fourth-order valence-electron chi connectivity index (χ4n) is 0.189. The largest absolute Gasteiger partial charge is 0.399 e. The quantitative estimate of drug-likeness (QED) is 0.470. The third-order valence-corrected chi connectivity index (χ3v) is 0.491. The Labute approximate surface area is 61.7 Å². The summed E-state index contributed by atoms with van der Waals surface area (Å²) in [6, 6.07) is 0. The van der Waals surface area contributed by atoms with Crippen molar-refractivity contribution >= 4 is 18.6 Å². The van der Waals surface area contributed by atoms with Crippen molar-refractivity contribution in [3.8, 4) is 0 Å². The Kier molecular flexibility index (Phi) is 5.86. The summed E-state index contributed by atoms with van der Waals surface area (Å²) in [6.07, 6.45) is 1.55. The lowest BCUT2D eigenvalue weighted by atomic mass is 10.1. The van der Waals surface area contributed by atoms with Crippen molar-refractivity contribution in [3.05, 3.63) is 0 Å². The van der Waals surface area contributed by atoms with Gasteiger partial charge >= 0.3 is 0 Å². The topological polar surface area (TPSA) is 47.6 Å². The lowest BCUT2D eigenvalue weighted by molar-refractivity contribution is 0.213. The minimum atomic E-state index is -0.365. The normalized spacial score (nSPS) is 11.1. The summed E-state index contributed by atoms with van der Waals surface area (Å²) in [5.74, 6) is 0. The van der Waals surface area contributed by atoms with Gasteiger partial charge in [-0.25, -0.2) is 0 Å². The first-order chi connectivity index (χ1) is 3.56. The molecular weight excluding hydrogens is 140 g/mol. The first kappa shape index (κ1) is 11.5. The molecule has 0 radical (unpaired) electrons. The van der Waals surface area contributed by atoms with Crippen molar-refractivity contribution in [2.24, 2.45) is 10.9 Å². The van der Waals surface area contributed by atoms with E-state index in [1.807, 2.05) is 13.8 Å². The van der Waals surface area contributed by atoms with Crippen molar-refractivity contribution in [1.82, 2.24) is 0 Å². The Morgan fingerprint density at radius 1 is 1.56 bits per heavy atom. The van der Waals surface area contributed by atoms with Crippen molar-refractivity contribution in [1.29, 1.82) is 0 Å². The number of rotatable bonds is 2. The zero-order chi connectivity index (χ0) is 6.62. The van der Waals surface area contributed by atoms with Gasteiger partial charge in [-0.15, -0.1) is 12.4 Å². The van der Waals surface area contributed by atoms with Gasteiger partial charge in [-0.05, 0) is 13.8 Å². The van der Waals surface area contributed by atoms with E-state index < -0.39 is 0 Å².